The first-order valence-electron chi connectivity index (χ1n) is 17.0. The maximum Gasteiger partial charge on any atom is 0.221 e. The molecule has 0 aliphatic rings. The maximum absolute atomic E-state index is 11.7. The van der Waals surface area contributed by atoms with Gasteiger partial charge >= 0.3 is 0 Å². The number of rotatable bonds is 9. The van der Waals surface area contributed by atoms with Crippen LogP contribution in [0.4, 0.5) is 0 Å². The van der Waals surface area contributed by atoms with Gasteiger partial charge in [0.1, 0.15) is 11.9 Å². The molecule has 2 aromatic heterocycles. The summed E-state index contributed by atoms with van der Waals surface area (Å²) in [5.74, 6) is 0.547. The number of aromatic nitrogens is 2. The van der Waals surface area contributed by atoms with Crippen LogP contribution in [0.5, 0.6) is 0 Å². The van der Waals surface area contributed by atoms with Gasteiger partial charge in [-0.1, -0.05) is 102 Å². The summed E-state index contributed by atoms with van der Waals surface area (Å²) in [5, 5.41) is 16.5. The summed E-state index contributed by atoms with van der Waals surface area (Å²) in [5.41, 5.74) is 4.78. The summed E-state index contributed by atoms with van der Waals surface area (Å²) in [6.07, 6.45) is 7.46. The molecule has 6 rings (SSSR count). The van der Waals surface area contributed by atoms with Crippen molar-refractivity contribution in [2.24, 2.45) is 17.3 Å². The zero-order valence-corrected chi connectivity index (χ0v) is 31.6. The minimum atomic E-state index is 0. The van der Waals surface area contributed by atoms with E-state index >= 15 is 0 Å². The molecule has 0 fully saturated rings. The Kier molecular flexibility index (Phi) is 12.3. The van der Waals surface area contributed by atoms with Crippen LogP contribution in [0.25, 0.3) is 54.9 Å². The molecule has 0 aliphatic carbocycles. The van der Waals surface area contributed by atoms with Crippen molar-refractivity contribution in [1.29, 1.82) is 0 Å². The van der Waals surface area contributed by atoms with Gasteiger partial charge in [-0.3, -0.25) is 9.78 Å². The molecule has 0 saturated carbocycles. The second-order valence-corrected chi connectivity index (χ2v) is 13.7. The van der Waals surface area contributed by atoms with Crippen molar-refractivity contribution in [2.45, 2.75) is 80.6 Å². The zero-order chi connectivity index (χ0) is 33.7. The first-order valence-corrected chi connectivity index (χ1v) is 17.0. The third-order valence-electron chi connectivity index (χ3n) is 9.10. The van der Waals surface area contributed by atoms with Crippen LogP contribution >= 0.6 is 0 Å². The molecule has 0 bridgehead atoms. The van der Waals surface area contributed by atoms with Crippen LogP contribution in [0.15, 0.2) is 89.3 Å². The molecule has 2 heterocycles. The molecule has 0 spiro atoms. The normalized spacial score (nSPS) is 12.1. The fourth-order valence-corrected chi connectivity index (χ4v) is 6.47. The molecule has 5 nitrogen and oxygen atoms in total. The van der Waals surface area contributed by atoms with Gasteiger partial charge in [-0.05, 0) is 54.5 Å². The number of benzene rings is 4. The molecule has 253 valence electrons. The Morgan fingerprint density at radius 3 is 2.12 bits per heavy atom. The number of ketones is 1. The molecular weight excluding hydrogens is 773 g/mol. The molecule has 6 heteroatoms. The molecule has 0 aliphatic heterocycles. The van der Waals surface area contributed by atoms with Crippen LogP contribution in [0.2, 0.25) is 0 Å². The molecule has 1 radical (unpaired) electrons. The van der Waals surface area contributed by atoms with Crippen LogP contribution < -0.4 is 0 Å². The van der Waals surface area contributed by atoms with E-state index in [9.17, 15) is 9.90 Å². The number of carbonyl (C=O) groups is 1. The van der Waals surface area contributed by atoms with Gasteiger partial charge in [0.05, 0.1) is 5.76 Å². The zero-order valence-electron chi connectivity index (χ0n) is 29.2. The first-order chi connectivity index (χ1) is 22.6. The van der Waals surface area contributed by atoms with E-state index in [1.165, 1.54) is 22.4 Å². The number of nitrogens with zero attached hydrogens (tertiary/aromatic N) is 2. The molecule has 0 saturated heterocycles. The molecule has 0 atom stereocenters. The van der Waals surface area contributed by atoms with Crippen molar-refractivity contribution in [3.8, 4) is 11.3 Å². The van der Waals surface area contributed by atoms with E-state index < -0.39 is 0 Å². The molecule has 6 aromatic rings. The fourth-order valence-electron chi connectivity index (χ4n) is 6.47. The van der Waals surface area contributed by atoms with E-state index in [1.807, 2.05) is 39.8 Å². The van der Waals surface area contributed by atoms with Crippen molar-refractivity contribution in [1.82, 2.24) is 9.97 Å². The topological polar surface area (TPSA) is 76.2 Å². The average Bonchev–Trinajstić information content (AvgIpc) is 3.44. The molecule has 0 amide bonds. The number of fused-ring (bicyclic) bond motifs is 6. The summed E-state index contributed by atoms with van der Waals surface area (Å²) in [4.78, 5) is 20.9. The standard InChI is InChI=1S/C29H23N2O.C13H24O2.Ir/c1-29(2,3)16-21-15-24-25-26(20-13-12-18-8-4-5-9-19(18)14-20)30-17-31-28(25)32-27(24)23-11-7-6-10-22(21)23;1-5-10(6-2)12(14)9-13(15)11(7-3)8-4;/h4-12,14-15,17H,16H2,1-3H3;9-11,14H,5-8H2,1-4H3;/q-1;;/b;12-9-;. The summed E-state index contributed by atoms with van der Waals surface area (Å²) >= 11 is 0. The SMILES string of the molecule is CC(C)(C)Cc1cc2c(oc3ncnc(-c4[c-]cc5ccccc5c4)c32)c2ccccc12.CCC(CC)C(=O)/C=C(\O)C(CC)CC.[Ir]. The minimum absolute atomic E-state index is 0. The summed E-state index contributed by atoms with van der Waals surface area (Å²) in [7, 11) is 0. The number of aliphatic hydroxyl groups is 1. The predicted molar refractivity (Wildman–Crippen MR) is 196 cm³/mol. The Bertz CT molecular complexity index is 2050. The summed E-state index contributed by atoms with van der Waals surface area (Å²) < 4.78 is 6.34. The Labute approximate surface area is 298 Å². The van der Waals surface area contributed by atoms with Crippen LogP contribution in [0, 0.1) is 23.3 Å². The quantitative estimate of drug-likeness (QED) is 0.0893. The van der Waals surface area contributed by atoms with Gasteiger partial charge in [-0.25, -0.2) is 4.98 Å². The number of furan rings is 1. The second kappa shape index (κ2) is 16.0. The van der Waals surface area contributed by atoms with Crippen molar-refractivity contribution in [2.75, 3.05) is 0 Å². The number of allylic oxidation sites excluding steroid dienone is 2. The van der Waals surface area contributed by atoms with Crippen molar-refractivity contribution >= 4 is 49.4 Å². The van der Waals surface area contributed by atoms with Crippen LogP contribution in [-0.4, -0.2) is 20.9 Å². The van der Waals surface area contributed by atoms with Gasteiger partial charge in [-0.15, -0.1) is 29.1 Å². The number of hydrogen-bond acceptors (Lipinski definition) is 5. The minimum Gasteiger partial charge on any atom is -0.512 e. The third kappa shape index (κ3) is 8.05. The predicted octanol–water partition coefficient (Wildman–Crippen LogP) is 11.6. The van der Waals surface area contributed by atoms with Crippen LogP contribution in [-0.2, 0) is 31.3 Å². The largest absolute Gasteiger partial charge is 0.512 e. The van der Waals surface area contributed by atoms with Crippen molar-refractivity contribution in [3.05, 3.63) is 96.5 Å². The molecule has 4 aromatic carbocycles. The van der Waals surface area contributed by atoms with E-state index in [2.05, 4.69) is 91.4 Å². The summed E-state index contributed by atoms with van der Waals surface area (Å²) in [6, 6.07) is 26.7. The van der Waals surface area contributed by atoms with Gasteiger partial charge in [0.2, 0.25) is 5.71 Å². The maximum atomic E-state index is 11.7. The number of aliphatic hydroxyl groups excluding tert-OH is 1. The van der Waals surface area contributed by atoms with Crippen LogP contribution in [0.3, 0.4) is 0 Å². The first kappa shape index (κ1) is 37.0. The van der Waals surface area contributed by atoms with E-state index in [0.29, 0.717) is 5.71 Å². The van der Waals surface area contributed by atoms with E-state index in [0.717, 1.165) is 70.5 Å². The molecule has 0 unspecified atom stereocenters. The van der Waals surface area contributed by atoms with Crippen molar-refractivity contribution < 1.29 is 34.4 Å². The Morgan fingerprint density at radius 1 is 0.854 bits per heavy atom. The molecular formula is C42H47IrN2O3-. The van der Waals surface area contributed by atoms with E-state index in [4.69, 9.17) is 4.42 Å². The van der Waals surface area contributed by atoms with E-state index in [-0.39, 0.29) is 48.9 Å². The van der Waals surface area contributed by atoms with E-state index in [1.54, 1.807) is 6.33 Å². The molecule has 1 N–H and O–H groups in total. The third-order valence-corrected chi connectivity index (χ3v) is 9.10. The van der Waals surface area contributed by atoms with Gasteiger partial charge in [-0.2, -0.15) is 0 Å². The average molecular weight is 820 g/mol. The Balaban J connectivity index is 0.000000279. The Morgan fingerprint density at radius 2 is 1.48 bits per heavy atom. The number of carbonyl (C=O) groups excluding carboxylic acids is 1. The van der Waals surface area contributed by atoms with Crippen LogP contribution in [0.1, 0.15) is 79.7 Å². The van der Waals surface area contributed by atoms with Gasteiger partial charge in [0, 0.05) is 59.9 Å². The molecule has 48 heavy (non-hydrogen) atoms. The second-order valence-electron chi connectivity index (χ2n) is 13.7. The van der Waals surface area contributed by atoms with Crippen molar-refractivity contribution in [3.63, 3.8) is 0 Å². The number of hydrogen-bond donors (Lipinski definition) is 1. The Hall–Kier alpha value is -3.86. The fraction of sp³-hybridized carbons (Fsp3) is 0.357. The van der Waals surface area contributed by atoms with Gasteiger partial charge < -0.3 is 9.52 Å². The van der Waals surface area contributed by atoms with Gasteiger partial charge in [0.25, 0.3) is 0 Å². The van der Waals surface area contributed by atoms with Gasteiger partial charge in [0.15, 0.2) is 5.78 Å². The summed E-state index contributed by atoms with van der Waals surface area (Å²) in [6.45, 7) is 14.9. The monoisotopic (exact) mass is 820 g/mol. The smallest absolute Gasteiger partial charge is 0.221 e.